The molecule has 2 rings (SSSR count). The Hall–Kier alpha value is -3.09. The molecule has 0 atom stereocenters. The summed E-state index contributed by atoms with van der Waals surface area (Å²) in [5, 5.41) is 19.5. The third-order valence-corrected chi connectivity index (χ3v) is 2.83. The van der Waals surface area contributed by atoms with Crippen LogP contribution in [0.25, 0.3) is 0 Å². The lowest BCUT2D eigenvalue weighted by molar-refractivity contribution is -0.384. The monoisotopic (exact) mass is 288 g/mol. The first-order valence-corrected chi connectivity index (χ1v) is 5.98. The van der Waals surface area contributed by atoms with Crippen molar-refractivity contribution >= 4 is 17.5 Å². The Kier molecular flexibility index (Phi) is 4.03. The topological polar surface area (TPSA) is 116 Å². The molecule has 0 saturated heterocycles. The number of carboxylic acid groups (broad SMARTS) is 1. The van der Waals surface area contributed by atoms with Gasteiger partial charge in [-0.05, 0) is 23.8 Å². The summed E-state index contributed by atoms with van der Waals surface area (Å²) >= 11 is 0. The summed E-state index contributed by atoms with van der Waals surface area (Å²) in [6.07, 6.45) is -1.17. The van der Waals surface area contributed by atoms with E-state index in [1.165, 1.54) is 18.2 Å². The number of hydrogen-bond acceptors (Lipinski definition) is 5. The number of hydrogen-bond donors (Lipinski definition) is 2. The van der Waals surface area contributed by atoms with E-state index in [1.54, 1.807) is 24.3 Å². The van der Waals surface area contributed by atoms with Crippen molar-refractivity contribution in [1.29, 1.82) is 0 Å². The highest BCUT2D eigenvalue weighted by Gasteiger charge is 2.14. The van der Waals surface area contributed by atoms with Gasteiger partial charge >= 0.3 is 6.16 Å². The molecule has 108 valence electrons. The van der Waals surface area contributed by atoms with Gasteiger partial charge in [0.2, 0.25) is 0 Å². The zero-order chi connectivity index (χ0) is 15.4. The standard InChI is InChI=1S/C14H12N2O5/c15-11-3-1-9(2-4-11)7-10-8-12(16(19)20)5-6-13(10)21-14(17)18/h1-6,8H,7,15H2,(H,17,18). The molecule has 0 bridgehead atoms. The van der Waals surface area contributed by atoms with Gasteiger partial charge in [0, 0.05) is 29.8 Å². The lowest BCUT2D eigenvalue weighted by Crippen LogP contribution is -2.06. The van der Waals surface area contributed by atoms with Gasteiger partial charge in [0.1, 0.15) is 5.75 Å². The van der Waals surface area contributed by atoms with Crippen LogP contribution in [0.3, 0.4) is 0 Å². The smallest absolute Gasteiger partial charge is 0.449 e. The molecule has 3 N–H and O–H groups in total. The summed E-state index contributed by atoms with van der Waals surface area (Å²) in [5.41, 5.74) is 7.30. The van der Waals surface area contributed by atoms with Crippen molar-refractivity contribution in [3.05, 3.63) is 63.7 Å². The van der Waals surface area contributed by atoms with Crippen LogP contribution < -0.4 is 10.5 Å². The molecule has 0 aromatic heterocycles. The number of ether oxygens (including phenoxy) is 1. The van der Waals surface area contributed by atoms with Crippen LogP contribution in [0.4, 0.5) is 16.2 Å². The highest BCUT2D eigenvalue weighted by Crippen LogP contribution is 2.27. The molecule has 0 unspecified atom stereocenters. The number of nitro groups is 1. The van der Waals surface area contributed by atoms with Crippen molar-refractivity contribution in [3.8, 4) is 5.75 Å². The first kappa shape index (κ1) is 14.3. The molecule has 2 aromatic rings. The lowest BCUT2D eigenvalue weighted by Gasteiger charge is -2.08. The number of nitrogen functional groups attached to an aromatic ring is 1. The van der Waals surface area contributed by atoms with Gasteiger partial charge < -0.3 is 15.6 Å². The van der Waals surface area contributed by atoms with Crippen LogP contribution in [-0.2, 0) is 6.42 Å². The number of nitrogens with zero attached hydrogens (tertiary/aromatic N) is 1. The number of carbonyl (C=O) groups is 1. The first-order valence-electron chi connectivity index (χ1n) is 5.98. The summed E-state index contributed by atoms with van der Waals surface area (Å²) in [7, 11) is 0. The SMILES string of the molecule is Nc1ccc(Cc2cc([N+](=O)[O-])ccc2OC(=O)O)cc1. The molecule has 0 fully saturated rings. The summed E-state index contributed by atoms with van der Waals surface area (Å²) in [6.45, 7) is 0. The van der Waals surface area contributed by atoms with Crippen LogP contribution in [0.1, 0.15) is 11.1 Å². The van der Waals surface area contributed by atoms with Crippen molar-refractivity contribution in [2.45, 2.75) is 6.42 Å². The van der Waals surface area contributed by atoms with E-state index >= 15 is 0 Å². The minimum absolute atomic E-state index is 0.0740. The Morgan fingerprint density at radius 2 is 1.90 bits per heavy atom. The van der Waals surface area contributed by atoms with Gasteiger partial charge in [0.15, 0.2) is 0 Å². The fourth-order valence-electron chi connectivity index (χ4n) is 1.87. The summed E-state index contributed by atoms with van der Waals surface area (Å²) in [5.74, 6) is 0.0740. The zero-order valence-electron chi connectivity index (χ0n) is 10.9. The quantitative estimate of drug-likeness (QED) is 0.294. The third-order valence-electron chi connectivity index (χ3n) is 2.83. The van der Waals surface area contributed by atoms with E-state index in [4.69, 9.17) is 10.8 Å². The molecular weight excluding hydrogens is 276 g/mol. The average Bonchev–Trinajstić information content (AvgIpc) is 2.42. The van der Waals surface area contributed by atoms with Gasteiger partial charge in [-0.25, -0.2) is 4.79 Å². The third kappa shape index (κ3) is 3.69. The minimum Gasteiger partial charge on any atom is -0.449 e. The van der Waals surface area contributed by atoms with Crippen molar-refractivity contribution in [1.82, 2.24) is 0 Å². The van der Waals surface area contributed by atoms with Gasteiger partial charge in [-0.2, -0.15) is 0 Å². The van der Waals surface area contributed by atoms with Crippen LogP contribution >= 0.6 is 0 Å². The Morgan fingerprint density at radius 1 is 1.24 bits per heavy atom. The van der Waals surface area contributed by atoms with Gasteiger partial charge in [-0.3, -0.25) is 10.1 Å². The molecule has 0 amide bonds. The van der Waals surface area contributed by atoms with Crippen molar-refractivity contribution < 1.29 is 19.6 Å². The summed E-state index contributed by atoms with van der Waals surface area (Å²) in [4.78, 5) is 20.9. The van der Waals surface area contributed by atoms with Crippen LogP contribution in [0.2, 0.25) is 0 Å². The van der Waals surface area contributed by atoms with Crippen LogP contribution in [0, 0.1) is 10.1 Å². The van der Waals surface area contributed by atoms with Crippen LogP contribution in [0.15, 0.2) is 42.5 Å². The molecule has 0 spiro atoms. The largest absolute Gasteiger partial charge is 0.511 e. The maximum atomic E-state index is 10.8. The molecule has 21 heavy (non-hydrogen) atoms. The molecule has 0 aliphatic carbocycles. The Bertz CT molecular complexity index is 682. The zero-order valence-corrected chi connectivity index (χ0v) is 10.9. The second-order valence-corrected chi connectivity index (χ2v) is 4.34. The molecule has 0 heterocycles. The van der Waals surface area contributed by atoms with Gasteiger partial charge in [0.25, 0.3) is 5.69 Å². The Morgan fingerprint density at radius 3 is 2.48 bits per heavy atom. The number of nitrogens with two attached hydrogens (primary N) is 1. The molecule has 0 aliphatic heterocycles. The summed E-state index contributed by atoms with van der Waals surface area (Å²) in [6, 6.07) is 10.7. The first-order chi connectivity index (χ1) is 9.95. The summed E-state index contributed by atoms with van der Waals surface area (Å²) < 4.78 is 4.65. The Balaban J connectivity index is 2.37. The predicted octanol–water partition coefficient (Wildman–Crippen LogP) is 2.82. The molecule has 0 saturated carbocycles. The van der Waals surface area contributed by atoms with E-state index in [-0.39, 0.29) is 11.4 Å². The lowest BCUT2D eigenvalue weighted by atomic mass is 10.0. The molecule has 0 radical (unpaired) electrons. The van der Waals surface area contributed by atoms with E-state index in [0.717, 1.165) is 5.56 Å². The molecule has 7 heteroatoms. The van der Waals surface area contributed by atoms with Crippen molar-refractivity contribution in [2.24, 2.45) is 0 Å². The normalized spacial score (nSPS) is 10.1. The van der Waals surface area contributed by atoms with Crippen LogP contribution in [0.5, 0.6) is 5.75 Å². The van der Waals surface area contributed by atoms with E-state index < -0.39 is 11.1 Å². The number of nitro benzene ring substituents is 1. The minimum atomic E-state index is -1.47. The van der Waals surface area contributed by atoms with Gasteiger partial charge in [0.05, 0.1) is 4.92 Å². The van der Waals surface area contributed by atoms with Crippen LogP contribution in [-0.4, -0.2) is 16.2 Å². The molecular formula is C14H12N2O5. The fraction of sp³-hybridized carbons (Fsp3) is 0.0714. The second-order valence-electron chi connectivity index (χ2n) is 4.34. The predicted molar refractivity (Wildman–Crippen MR) is 75.4 cm³/mol. The van der Waals surface area contributed by atoms with Gasteiger partial charge in [-0.15, -0.1) is 0 Å². The van der Waals surface area contributed by atoms with E-state index in [1.807, 2.05) is 0 Å². The highest BCUT2D eigenvalue weighted by molar-refractivity contribution is 5.63. The second kappa shape index (κ2) is 5.91. The highest BCUT2D eigenvalue weighted by atomic mass is 16.7. The maximum Gasteiger partial charge on any atom is 0.511 e. The number of rotatable bonds is 4. The molecule has 0 aliphatic rings. The number of anilines is 1. The number of non-ortho nitro benzene ring substituents is 1. The average molecular weight is 288 g/mol. The maximum absolute atomic E-state index is 10.8. The van der Waals surface area contributed by atoms with E-state index in [2.05, 4.69) is 4.74 Å². The van der Waals surface area contributed by atoms with E-state index in [0.29, 0.717) is 17.7 Å². The van der Waals surface area contributed by atoms with Crippen molar-refractivity contribution in [3.63, 3.8) is 0 Å². The Labute approximate surface area is 119 Å². The molecule has 2 aromatic carbocycles. The fourth-order valence-corrected chi connectivity index (χ4v) is 1.87. The molecule has 7 nitrogen and oxygen atoms in total. The van der Waals surface area contributed by atoms with Gasteiger partial charge in [-0.1, -0.05) is 12.1 Å². The number of benzene rings is 2. The van der Waals surface area contributed by atoms with E-state index in [9.17, 15) is 14.9 Å². The van der Waals surface area contributed by atoms with Crippen molar-refractivity contribution in [2.75, 3.05) is 5.73 Å².